The van der Waals surface area contributed by atoms with E-state index in [1.54, 1.807) is 12.1 Å². The Morgan fingerprint density at radius 2 is 1.69 bits per heavy atom. The fourth-order valence-electron chi connectivity index (χ4n) is 3.65. The molecule has 3 aromatic rings. The number of ether oxygens (including phenoxy) is 1. The molecule has 0 spiro atoms. The number of carbonyl (C=O) groups is 1. The Hall–Kier alpha value is -3.18. The standard InChI is InChI=1S/C24H25N3O2/c1-29-24(28)21-11-9-19(10-12-21)17-25-27-15-13-26(14-16-27)18-22-7-4-6-20-5-2-3-8-23(20)22/h2-12,17H,13-16,18H2,1H3/b25-17-. The normalized spacial score (nSPS) is 15.1. The molecule has 0 N–H and O–H groups in total. The van der Waals surface area contributed by atoms with Gasteiger partial charge in [0.2, 0.25) is 0 Å². The first-order chi connectivity index (χ1) is 14.2. The average Bonchev–Trinajstić information content (AvgIpc) is 2.79. The summed E-state index contributed by atoms with van der Waals surface area (Å²) in [5, 5.41) is 9.35. The summed E-state index contributed by atoms with van der Waals surface area (Å²) in [6.07, 6.45) is 1.85. The summed E-state index contributed by atoms with van der Waals surface area (Å²) in [6, 6.07) is 22.4. The topological polar surface area (TPSA) is 45.1 Å². The molecule has 5 heteroatoms. The molecule has 1 aliphatic heterocycles. The van der Waals surface area contributed by atoms with E-state index in [4.69, 9.17) is 4.74 Å². The minimum Gasteiger partial charge on any atom is -0.465 e. The SMILES string of the molecule is COC(=O)c1ccc(/C=N\N2CCN(Cc3cccc4ccccc34)CC2)cc1. The third-order valence-electron chi connectivity index (χ3n) is 5.32. The summed E-state index contributed by atoms with van der Waals surface area (Å²) in [5.74, 6) is -0.323. The van der Waals surface area contributed by atoms with E-state index in [-0.39, 0.29) is 5.97 Å². The molecule has 148 valence electrons. The second kappa shape index (κ2) is 8.88. The molecular weight excluding hydrogens is 362 g/mol. The lowest BCUT2D eigenvalue weighted by molar-refractivity contribution is 0.0600. The molecule has 0 bridgehead atoms. The first kappa shape index (κ1) is 19.2. The second-order valence-corrected chi connectivity index (χ2v) is 7.23. The summed E-state index contributed by atoms with van der Waals surface area (Å²) in [6.45, 7) is 4.75. The van der Waals surface area contributed by atoms with Gasteiger partial charge in [-0.3, -0.25) is 9.91 Å². The van der Waals surface area contributed by atoms with Crippen LogP contribution < -0.4 is 0 Å². The molecule has 1 aliphatic rings. The molecular formula is C24H25N3O2. The van der Waals surface area contributed by atoms with Crippen molar-refractivity contribution in [2.75, 3.05) is 33.3 Å². The van der Waals surface area contributed by atoms with Gasteiger partial charge in [-0.25, -0.2) is 4.79 Å². The molecule has 4 rings (SSSR count). The molecule has 1 fully saturated rings. The summed E-state index contributed by atoms with van der Waals surface area (Å²) in [4.78, 5) is 14.0. The van der Waals surface area contributed by atoms with E-state index in [1.165, 1.54) is 23.4 Å². The van der Waals surface area contributed by atoms with E-state index in [1.807, 2.05) is 18.3 Å². The highest BCUT2D eigenvalue weighted by atomic mass is 16.5. The van der Waals surface area contributed by atoms with Crippen LogP contribution in [0.1, 0.15) is 21.5 Å². The first-order valence-electron chi connectivity index (χ1n) is 9.89. The highest BCUT2D eigenvalue weighted by molar-refractivity contribution is 5.90. The van der Waals surface area contributed by atoms with Gasteiger partial charge in [0.1, 0.15) is 0 Å². The molecule has 0 saturated carbocycles. The van der Waals surface area contributed by atoms with Gasteiger partial charge in [-0.15, -0.1) is 0 Å². The Balaban J connectivity index is 1.32. The van der Waals surface area contributed by atoms with E-state index < -0.39 is 0 Å². The number of rotatable bonds is 5. The van der Waals surface area contributed by atoms with Crippen molar-refractivity contribution in [2.24, 2.45) is 5.10 Å². The van der Waals surface area contributed by atoms with Gasteiger partial charge >= 0.3 is 5.97 Å². The monoisotopic (exact) mass is 387 g/mol. The van der Waals surface area contributed by atoms with Crippen LogP contribution in [-0.2, 0) is 11.3 Å². The minimum atomic E-state index is -0.323. The van der Waals surface area contributed by atoms with Crippen molar-refractivity contribution in [3.8, 4) is 0 Å². The lowest BCUT2D eigenvalue weighted by Gasteiger charge is -2.33. The van der Waals surface area contributed by atoms with Crippen LogP contribution in [-0.4, -0.2) is 55.4 Å². The van der Waals surface area contributed by atoms with Gasteiger partial charge in [0, 0.05) is 32.7 Å². The highest BCUT2D eigenvalue weighted by Gasteiger charge is 2.16. The van der Waals surface area contributed by atoms with Gasteiger partial charge in [-0.1, -0.05) is 54.6 Å². The van der Waals surface area contributed by atoms with Gasteiger partial charge in [-0.05, 0) is 34.0 Å². The van der Waals surface area contributed by atoms with Crippen molar-refractivity contribution in [3.05, 3.63) is 83.4 Å². The highest BCUT2D eigenvalue weighted by Crippen LogP contribution is 2.20. The number of methoxy groups -OCH3 is 1. The molecule has 0 amide bonds. The fraction of sp³-hybridized carbons (Fsp3) is 0.250. The number of hydrogen-bond acceptors (Lipinski definition) is 5. The number of benzene rings is 3. The summed E-state index contributed by atoms with van der Waals surface area (Å²) >= 11 is 0. The van der Waals surface area contributed by atoms with Crippen molar-refractivity contribution >= 4 is 23.0 Å². The van der Waals surface area contributed by atoms with Crippen LogP contribution in [0.3, 0.4) is 0 Å². The van der Waals surface area contributed by atoms with E-state index in [0.29, 0.717) is 5.56 Å². The number of piperazine rings is 1. The fourth-order valence-corrected chi connectivity index (χ4v) is 3.65. The van der Waals surface area contributed by atoms with Gasteiger partial charge in [-0.2, -0.15) is 5.10 Å². The maximum absolute atomic E-state index is 11.5. The molecule has 3 aromatic carbocycles. The quantitative estimate of drug-likeness (QED) is 0.494. The van der Waals surface area contributed by atoms with Gasteiger partial charge < -0.3 is 4.74 Å². The molecule has 0 atom stereocenters. The second-order valence-electron chi connectivity index (χ2n) is 7.23. The lowest BCUT2D eigenvalue weighted by atomic mass is 10.0. The summed E-state index contributed by atoms with van der Waals surface area (Å²) in [5.41, 5.74) is 2.90. The Labute approximate surface area is 171 Å². The van der Waals surface area contributed by atoms with Crippen LogP contribution in [0.4, 0.5) is 0 Å². The smallest absolute Gasteiger partial charge is 0.337 e. The summed E-state index contributed by atoms with van der Waals surface area (Å²) < 4.78 is 4.72. The maximum atomic E-state index is 11.5. The third-order valence-corrected chi connectivity index (χ3v) is 5.32. The maximum Gasteiger partial charge on any atom is 0.337 e. The van der Waals surface area contributed by atoms with Gasteiger partial charge in [0.15, 0.2) is 0 Å². The number of nitrogens with zero attached hydrogens (tertiary/aromatic N) is 3. The van der Waals surface area contributed by atoms with Gasteiger partial charge in [0.25, 0.3) is 0 Å². The lowest BCUT2D eigenvalue weighted by Crippen LogP contribution is -2.43. The van der Waals surface area contributed by atoms with Crippen LogP contribution in [0.5, 0.6) is 0 Å². The van der Waals surface area contributed by atoms with Crippen molar-refractivity contribution in [3.63, 3.8) is 0 Å². The molecule has 1 saturated heterocycles. The Kier molecular flexibility index (Phi) is 5.86. The predicted molar refractivity (Wildman–Crippen MR) is 116 cm³/mol. The number of fused-ring (bicyclic) bond motifs is 1. The van der Waals surface area contributed by atoms with Crippen LogP contribution in [0, 0.1) is 0 Å². The molecule has 1 heterocycles. The van der Waals surface area contributed by atoms with E-state index in [0.717, 1.165) is 38.3 Å². The third kappa shape index (κ3) is 4.63. The Morgan fingerprint density at radius 3 is 2.45 bits per heavy atom. The number of esters is 1. The Bertz CT molecular complexity index is 1000. The molecule has 29 heavy (non-hydrogen) atoms. The van der Waals surface area contributed by atoms with Crippen LogP contribution in [0.15, 0.2) is 71.8 Å². The average molecular weight is 387 g/mol. The van der Waals surface area contributed by atoms with E-state index in [9.17, 15) is 4.79 Å². The van der Waals surface area contributed by atoms with Crippen molar-refractivity contribution < 1.29 is 9.53 Å². The van der Waals surface area contributed by atoms with Gasteiger partial charge in [0.05, 0.1) is 18.9 Å². The minimum absolute atomic E-state index is 0.323. The first-order valence-corrected chi connectivity index (χ1v) is 9.89. The van der Waals surface area contributed by atoms with Crippen molar-refractivity contribution in [1.82, 2.24) is 9.91 Å². The number of carbonyl (C=O) groups excluding carboxylic acids is 1. The zero-order valence-corrected chi connectivity index (χ0v) is 16.6. The van der Waals surface area contributed by atoms with Crippen molar-refractivity contribution in [1.29, 1.82) is 0 Å². The molecule has 0 aromatic heterocycles. The van der Waals surface area contributed by atoms with E-state index in [2.05, 4.69) is 57.5 Å². The van der Waals surface area contributed by atoms with Crippen LogP contribution in [0.25, 0.3) is 10.8 Å². The molecule has 0 unspecified atom stereocenters. The largest absolute Gasteiger partial charge is 0.465 e. The van der Waals surface area contributed by atoms with Crippen molar-refractivity contribution in [2.45, 2.75) is 6.54 Å². The number of hydrogen-bond donors (Lipinski definition) is 0. The number of hydrazone groups is 1. The molecule has 5 nitrogen and oxygen atoms in total. The van der Waals surface area contributed by atoms with Crippen LogP contribution >= 0.6 is 0 Å². The van der Waals surface area contributed by atoms with E-state index >= 15 is 0 Å². The predicted octanol–water partition coefficient (Wildman–Crippen LogP) is 3.78. The molecule has 0 aliphatic carbocycles. The Morgan fingerprint density at radius 1 is 0.966 bits per heavy atom. The van der Waals surface area contributed by atoms with Crippen LogP contribution in [0.2, 0.25) is 0 Å². The summed E-state index contributed by atoms with van der Waals surface area (Å²) in [7, 11) is 1.39. The molecule has 0 radical (unpaired) electrons. The zero-order chi connectivity index (χ0) is 20.1. The zero-order valence-electron chi connectivity index (χ0n) is 16.6.